The van der Waals surface area contributed by atoms with Gasteiger partial charge in [0, 0.05) is 5.75 Å². The number of nitrogens with zero attached hydrogens (tertiary/aromatic N) is 4. The molecule has 4 aromatic rings. The molecule has 30 heavy (non-hydrogen) atoms. The second kappa shape index (κ2) is 7.70. The Balaban J connectivity index is 1.66. The number of thioether (sulfide) groups is 1. The van der Waals surface area contributed by atoms with Crippen molar-refractivity contribution in [2.45, 2.75) is 23.9 Å². The van der Waals surface area contributed by atoms with Crippen molar-refractivity contribution in [3.63, 3.8) is 0 Å². The third-order valence-electron chi connectivity index (χ3n) is 5.18. The molecule has 0 saturated carbocycles. The van der Waals surface area contributed by atoms with Crippen LogP contribution in [0.15, 0.2) is 64.7 Å². The van der Waals surface area contributed by atoms with E-state index in [1.54, 1.807) is 21.5 Å². The highest BCUT2D eigenvalue weighted by Crippen LogP contribution is 2.27. The first kappa shape index (κ1) is 19.0. The van der Waals surface area contributed by atoms with E-state index < -0.39 is 0 Å². The second-order valence-electron chi connectivity index (χ2n) is 7.26. The van der Waals surface area contributed by atoms with Gasteiger partial charge < -0.3 is 4.74 Å². The quantitative estimate of drug-likeness (QED) is 0.361. The van der Waals surface area contributed by atoms with Crippen LogP contribution in [-0.2, 0) is 10.5 Å². The first-order valence-corrected chi connectivity index (χ1v) is 10.6. The lowest BCUT2D eigenvalue weighted by atomic mass is 10.2. The Kier molecular flexibility index (Phi) is 4.88. The third kappa shape index (κ3) is 3.32. The van der Waals surface area contributed by atoms with Crippen LogP contribution in [0.2, 0.25) is 0 Å². The molecule has 0 bridgehead atoms. The summed E-state index contributed by atoms with van der Waals surface area (Å²) in [6.07, 6.45) is 1.58. The van der Waals surface area contributed by atoms with Crippen molar-refractivity contribution in [3.8, 4) is 5.69 Å². The monoisotopic (exact) mass is 422 g/mol. The van der Waals surface area contributed by atoms with E-state index in [9.17, 15) is 9.18 Å². The van der Waals surface area contributed by atoms with Crippen molar-refractivity contribution in [1.29, 1.82) is 0 Å². The van der Waals surface area contributed by atoms with E-state index in [2.05, 4.69) is 5.10 Å². The number of benzene rings is 2. The molecule has 2 aromatic carbocycles. The molecule has 0 amide bonds. The Morgan fingerprint density at radius 2 is 2.03 bits per heavy atom. The van der Waals surface area contributed by atoms with Gasteiger partial charge in [-0.3, -0.25) is 9.36 Å². The summed E-state index contributed by atoms with van der Waals surface area (Å²) in [7, 11) is 0. The number of para-hydroxylation sites is 1. The van der Waals surface area contributed by atoms with Crippen LogP contribution in [0.3, 0.4) is 0 Å². The van der Waals surface area contributed by atoms with Crippen molar-refractivity contribution < 1.29 is 9.13 Å². The van der Waals surface area contributed by atoms with Crippen molar-refractivity contribution in [1.82, 2.24) is 19.3 Å². The van der Waals surface area contributed by atoms with E-state index in [-0.39, 0.29) is 17.4 Å². The smallest absolute Gasteiger partial charge is 0.269 e. The second-order valence-corrected chi connectivity index (χ2v) is 8.20. The highest BCUT2D eigenvalue weighted by atomic mass is 32.2. The fourth-order valence-corrected chi connectivity index (χ4v) is 4.43. The molecule has 0 atom stereocenters. The van der Waals surface area contributed by atoms with Crippen LogP contribution in [0, 0.1) is 12.7 Å². The minimum Gasteiger partial charge on any atom is -0.377 e. The minimum atomic E-state index is -0.282. The molecule has 0 unspecified atom stereocenters. The molecule has 1 aliphatic heterocycles. The van der Waals surface area contributed by atoms with Gasteiger partial charge in [0.25, 0.3) is 5.56 Å². The zero-order valence-electron chi connectivity index (χ0n) is 16.3. The maximum Gasteiger partial charge on any atom is 0.269 e. The lowest BCUT2D eigenvalue weighted by molar-refractivity contribution is -0.0269. The number of hydrogen-bond acceptors (Lipinski definition) is 5. The molecule has 152 valence electrons. The lowest BCUT2D eigenvalue weighted by Gasteiger charge is -2.26. The largest absolute Gasteiger partial charge is 0.377 e. The van der Waals surface area contributed by atoms with E-state index in [1.165, 1.54) is 23.9 Å². The average Bonchev–Trinajstić information content (AvgIpc) is 3.10. The van der Waals surface area contributed by atoms with Crippen LogP contribution in [0.1, 0.15) is 17.2 Å². The minimum absolute atomic E-state index is 0.0878. The topological polar surface area (TPSA) is 61.9 Å². The number of fused-ring (bicyclic) bond motifs is 1. The van der Waals surface area contributed by atoms with Gasteiger partial charge in [0.2, 0.25) is 0 Å². The molecule has 8 heteroatoms. The molecule has 6 nitrogen and oxygen atoms in total. The summed E-state index contributed by atoms with van der Waals surface area (Å²) in [6.45, 7) is 3.08. The summed E-state index contributed by atoms with van der Waals surface area (Å²) in [6, 6.07) is 14.2. The maximum absolute atomic E-state index is 13.6. The molecule has 1 aliphatic rings. The third-order valence-corrected chi connectivity index (χ3v) is 6.18. The molecule has 1 fully saturated rings. The summed E-state index contributed by atoms with van der Waals surface area (Å²) < 4.78 is 22.3. The van der Waals surface area contributed by atoms with Gasteiger partial charge in [0.15, 0.2) is 10.8 Å². The van der Waals surface area contributed by atoms with E-state index in [4.69, 9.17) is 9.72 Å². The highest BCUT2D eigenvalue weighted by molar-refractivity contribution is 7.98. The van der Waals surface area contributed by atoms with Crippen LogP contribution in [0.5, 0.6) is 0 Å². The van der Waals surface area contributed by atoms with Crippen LogP contribution >= 0.6 is 11.8 Å². The zero-order chi connectivity index (χ0) is 20.7. The first-order chi connectivity index (χ1) is 14.6. The fraction of sp³-hybridized carbons (Fsp3) is 0.227. The standard InChI is InChI=1S/C22H19FN4O2S/c1-14-5-2-3-8-19(14)26-21(28)18-10-24-27(17-11-29-12-17)20(18)25-22(26)30-13-15-6-4-7-16(23)9-15/h2-10,17H,11-13H2,1H3. The Bertz CT molecular complexity index is 1300. The molecule has 0 radical (unpaired) electrons. The molecular formula is C22H19FN4O2S. The number of rotatable bonds is 5. The summed E-state index contributed by atoms with van der Waals surface area (Å²) in [5, 5.41) is 5.43. The van der Waals surface area contributed by atoms with Crippen molar-refractivity contribution in [2.75, 3.05) is 13.2 Å². The average molecular weight is 422 g/mol. The van der Waals surface area contributed by atoms with Gasteiger partial charge in [0.1, 0.15) is 17.2 Å². The normalized spacial score (nSPS) is 14.2. The lowest BCUT2D eigenvalue weighted by Crippen LogP contribution is -2.32. The SMILES string of the molecule is Cc1ccccc1-n1c(SCc2cccc(F)c2)nc2c(cnn2C2COC2)c1=O. The Morgan fingerprint density at radius 1 is 1.20 bits per heavy atom. The predicted octanol–water partition coefficient (Wildman–Crippen LogP) is 3.89. The van der Waals surface area contributed by atoms with Gasteiger partial charge in [-0.05, 0) is 36.2 Å². The molecule has 5 rings (SSSR count). The van der Waals surface area contributed by atoms with E-state index in [0.717, 1.165) is 16.8 Å². The fourth-order valence-electron chi connectivity index (χ4n) is 3.50. The van der Waals surface area contributed by atoms with Crippen LogP contribution in [0.4, 0.5) is 4.39 Å². The molecule has 1 saturated heterocycles. The van der Waals surface area contributed by atoms with Crippen molar-refractivity contribution in [3.05, 3.63) is 82.0 Å². The van der Waals surface area contributed by atoms with Gasteiger partial charge in [-0.25, -0.2) is 14.1 Å². The van der Waals surface area contributed by atoms with Gasteiger partial charge in [-0.2, -0.15) is 5.10 Å². The summed E-state index contributed by atoms with van der Waals surface area (Å²) in [5.41, 5.74) is 2.96. The van der Waals surface area contributed by atoms with Crippen molar-refractivity contribution >= 4 is 22.8 Å². The van der Waals surface area contributed by atoms with Gasteiger partial charge in [-0.15, -0.1) is 0 Å². The Labute approximate surface area is 176 Å². The predicted molar refractivity (Wildman–Crippen MR) is 114 cm³/mol. The van der Waals surface area contributed by atoms with Gasteiger partial charge >= 0.3 is 0 Å². The number of halogens is 1. The van der Waals surface area contributed by atoms with Gasteiger partial charge in [0.05, 0.1) is 25.1 Å². The van der Waals surface area contributed by atoms with Gasteiger partial charge in [-0.1, -0.05) is 42.1 Å². The van der Waals surface area contributed by atoms with E-state index >= 15 is 0 Å². The molecule has 0 spiro atoms. The maximum atomic E-state index is 13.6. The molecule has 3 heterocycles. The molecular weight excluding hydrogens is 403 g/mol. The van der Waals surface area contributed by atoms with Crippen LogP contribution in [-0.4, -0.2) is 32.5 Å². The summed E-state index contributed by atoms with van der Waals surface area (Å²) in [4.78, 5) is 18.3. The van der Waals surface area contributed by atoms with E-state index in [0.29, 0.717) is 35.2 Å². The molecule has 2 aromatic heterocycles. The Morgan fingerprint density at radius 3 is 2.77 bits per heavy atom. The number of aromatic nitrogens is 4. The van der Waals surface area contributed by atoms with Crippen molar-refractivity contribution in [2.24, 2.45) is 0 Å². The van der Waals surface area contributed by atoms with Crippen LogP contribution < -0.4 is 5.56 Å². The highest BCUT2D eigenvalue weighted by Gasteiger charge is 2.26. The number of aryl methyl sites for hydroxylation is 1. The Hall–Kier alpha value is -2.97. The number of ether oxygens (including phenoxy) is 1. The summed E-state index contributed by atoms with van der Waals surface area (Å²) in [5.74, 6) is 0.207. The number of hydrogen-bond donors (Lipinski definition) is 0. The van der Waals surface area contributed by atoms with E-state index in [1.807, 2.05) is 37.3 Å². The molecule has 0 N–H and O–H groups in total. The van der Waals surface area contributed by atoms with Crippen LogP contribution in [0.25, 0.3) is 16.7 Å². The summed E-state index contributed by atoms with van der Waals surface area (Å²) >= 11 is 1.40. The zero-order valence-corrected chi connectivity index (χ0v) is 17.1. The molecule has 0 aliphatic carbocycles. The first-order valence-electron chi connectivity index (χ1n) is 9.63.